The topological polar surface area (TPSA) is 99.1 Å². The first-order valence-electron chi connectivity index (χ1n) is 6.39. The summed E-state index contributed by atoms with van der Waals surface area (Å²) in [6.07, 6.45) is -0.280. The number of hydrogen-bond donors (Lipinski definition) is 3. The summed E-state index contributed by atoms with van der Waals surface area (Å²) in [6, 6.07) is -0.130. The Labute approximate surface area is 112 Å². The molecule has 3 atom stereocenters. The Balaban J connectivity index is 2.57. The van der Waals surface area contributed by atoms with E-state index < -0.39 is 18.2 Å². The summed E-state index contributed by atoms with van der Waals surface area (Å²) >= 11 is 0. The smallest absolute Gasteiger partial charge is 0.407 e. The summed E-state index contributed by atoms with van der Waals surface area (Å²) < 4.78 is 4.56. The molecule has 1 aliphatic rings. The molecule has 0 aromatic rings. The van der Waals surface area contributed by atoms with Crippen LogP contribution in [0.3, 0.4) is 0 Å². The van der Waals surface area contributed by atoms with Crippen LogP contribution in [-0.4, -0.2) is 66.1 Å². The van der Waals surface area contributed by atoms with Crippen molar-refractivity contribution in [2.75, 3.05) is 26.7 Å². The molecule has 19 heavy (non-hydrogen) atoms. The molecule has 110 valence electrons. The van der Waals surface area contributed by atoms with Gasteiger partial charge in [-0.3, -0.25) is 4.79 Å². The number of carboxylic acid groups (broad SMARTS) is 1. The first-order chi connectivity index (χ1) is 8.92. The molecule has 7 nitrogen and oxygen atoms in total. The molecular formula is C12H22N2O5. The van der Waals surface area contributed by atoms with Crippen molar-refractivity contribution in [3.05, 3.63) is 0 Å². The van der Waals surface area contributed by atoms with E-state index in [1.165, 1.54) is 7.11 Å². The van der Waals surface area contributed by atoms with Gasteiger partial charge >= 0.3 is 12.1 Å². The van der Waals surface area contributed by atoms with Gasteiger partial charge < -0.3 is 25.2 Å². The van der Waals surface area contributed by atoms with Crippen molar-refractivity contribution < 1.29 is 24.5 Å². The zero-order chi connectivity index (χ0) is 14.4. The lowest BCUT2D eigenvalue weighted by Crippen LogP contribution is -2.53. The van der Waals surface area contributed by atoms with Crippen molar-refractivity contribution in [3.63, 3.8) is 0 Å². The average molecular weight is 274 g/mol. The van der Waals surface area contributed by atoms with Crippen LogP contribution < -0.4 is 5.32 Å². The fourth-order valence-corrected chi connectivity index (χ4v) is 2.35. The number of ether oxygens (including phenoxy) is 1. The number of carbonyl (C=O) groups excluding carboxylic acids is 1. The fourth-order valence-electron chi connectivity index (χ4n) is 2.35. The fraction of sp³-hybridized carbons (Fsp3) is 0.833. The Bertz CT molecular complexity index is 321. The third-order valence-electron chi connectivity index (χ3n) is 3.39. The molecule has 0 radical (unpaired) electrons. The first-order valence-corrected chi connectivity index (χ1v) is 6.39. The van der Waals surface area contributed by atoms with Crippen LogP contribution in [0.1, 0.15) is 19.8 Å². The predicted octanol–water partition coefficient (Wildman–Crippen LogP) is -0.112. The van der Waals surface area contributed by atoms with Crippen LogP contribution in [0.25, 0.3) is 0 Å². The number of carbonyl (C=O) groups is 2. The molecule has 3 N–H and O–H groups in total. The number of alkyl carbamates (subject to hydrolysis) is 1. The Morgan fingerprint density at radius 1 is 1.47 bits per heavy atom. The monoisotopic (exact) mass is 274 g/mol. The molecule has 1 amide bonds. The minimum atomic E-state index is -0.850. The normalized spacial score (nSPS) is 25.6. The van der Waals surface area contributed by atoms with Crippen molar-refractivity contribution in [3.8, 4) is 0 Å². The highest BCUT2D eigenvalue weighted by molar-refractivity contribution is 5.67. The number of likely N-dealkylation sites (tertiary alicyclic amines) is 1. The van der Waals surface area contributed by atoms with E-state index in [4.69, 9.17) is 5.11 Å². The van der Waals surface area contributed by atoms with Crippen LogP contribution in [0, 0.1) is 5.92 Å². The molecule has 7 heteroatoms. The average Bonchev–Trinajstić information content (AvgIpc) is 2.35. The Morgan fingerprint density at radius 2 is 2.16 bits per heavy atom. The lowest BCUT2D eigenvalue weighted by atomic mass is 9.90. The molecule has 3 unspecified atom stereocenters. The van der Waals surface area contributed by atoms with Gasteiger partial charge in [-0.15, -0.1) is 0 Å². The van der Waals surface area contributed by atoms with Gasteiger partial charge in [-0.05, 0) is 19.3 Å². The van der Waals surface area contributed by atoms with E-state index in [0.29, 0.717) is 26.1 Å². The summed E-state index contributed by atoms with van der Waals surface area (Å²) in [5.74, 6) is -0.832. The molecule has 1 heterocycles. The molecule has 0 spiro atoms. The maximum atomic E-state index is 11.2. The van der Waals surface area contributed by atoms with E-state index in [1.54, 1.807) is 6.92 Å². The molecule has 0 aromatic heterocycles. The SMILES string of the molecule is COC(=O)NC1CC(C(C)O)CN(CCC(=O)O)C1. The largest absolute Gasteiger partial charge is 0.481 e. The third-order valence-corrected chi connectivity index (χ3v) is 3.39. The summed E-state index contributed by atoms with van der Waals surface area (Å²) in [5, 5.41) is 21.1. The van der Waals surface area contributed by atoms with E-state index >= 15 is 0 Å². The predicted molar refractivity (Wildman–Crippen MR) is 67.8 cm³/mol. The van der Waals surface area contributed by atoms with Gasteiger partial charge in [-0.1, -0.05) is 0 Å². The minimum Gasteiger partial charge on any atom is -0.481 e. The van der Waals surface area contributed by atoms with Gasteiger partial charge in [0.15, 0.2) is 0 Å². The number of methoxy groups -OCH3 is 1. The number of nitrogens with one attached hydrogen (secondary N) is 1. The standard InChI is InChI=1S/C12H22N2O5/c1-8(15)9-5-10(13-12(18)19-2)7-14(6-9)4-3-11(16)17/h8-10,15H,3-7H2,1-2H3,(H,13,18)(H,16,17). The minimum absolute atomic E-state index is 0.0182. The highest BCUT2D eigenvalue weighted by Crippen LogP contribution is 2.20. The van der Waals surface area contributed by atoms with Gasteiger partial charge in [0.1, 0.15) is 0 Å². The molecular weight excluding hydrogens is 252 g/mol. The number of carboxylic acids is 1. The van der Waals surface area contributed by atoms with Crippen LogP contribution in [-0.2, 0) is 9.53 Å². The van der Waals surface area contributed by atoms with E-state index in [1.807, 2.05) is 4.90 Å². The first kappa shape index (κ1) is 15.7. The van der Waals surface area contributed by atoms with Gasteiger partial charge in [0.25, 0.3) is 0 Å². The molecule has 0 saturated carbocycles. The summed E-state index contributed by atoms with van der Waals surface area (Å²) in [7, 11) is 1.30. The van der Waals surface area contributed by atoms with Crippen LogP contribution in [0.15, 0.2) is 0 Å². The van der Waals surface area contributed by atoms with E-state index in [9.17, 15) is 14.7 Å². The van der Waals surface area contributed by atoms with Crippen LogP contribution in [0.4, 0.5) is 4.79 Å². The maximum Gasteiger partial charge on any atom is 0.407 e. The summed E-state index contributed by atoms with van der Waals surface area (Å²) in [6.45, 7) is 3.34. The Hall–Kier alpha value is -1.34. The molecule has 0 bridgehead atoms. The van der Waals surface area contributed by atoms with E-state index in [-0.39, 0.29) is 18.4 Å². The second kappa shape index (κ2) is 7.30. The van der Waals surface area contributed by atoms with Gasteiger partial charge in [0.2, 0.25) is 0 Å². The van der Waals surface area contributed by atoms with Crippen LogP contribution in [0.5, 0.6) is 0 Å². The molecule has 1 fully saturated rings. The van der Waals surface area contributed by atoms with E-state index in [0.717, 1.165) is 0 Å². The van der Waals surface area contributed by atoms with Gasteiger partial charge in [0.05, 0.1) is 19.6 Å². The number of aliphatic carboxylic acids is 1. The number of nitrogens with zero attached hydrogens (tertiary/aromatic N) is 1. The van der Waals surface area contributed by atoms with Crippen LogP contribution >= 0.6 is 0 Å². The van der Waals surface area contributed by atoms with Gasteiger partial charge in [-0.2, -0.15) is 0 Å². The van der Waals surface area contributed by atoms with Crippen molar-refractivity contribution in [1.29, 1.82) is 0 Å². The number of hydrogen-bond acceptors (Lipinski definition) is 5. The molecule has 1 aliphatic heterocycles. The Morgan fingerprint density at radius 3 is 2.68 bits per heavy atom. The second-order valence-electron chi connectivity index (χ2n) is 4.97. The van der Waals surface area contributed by atoms with Crippen molar-refractivity contribution in [2.24, 2.45) is 5.92 Å². The lowest BCUT2D eigenvalue weighted by Gasteiger charge is -2.38. The second-order valence-corrected chi connectivity index (χ2v) is 4.97. The number of amides is 1. The number of aliphatic hydroxyl groups excluding tert-OH is 1. The van der Waals surface area contributed by atoms with Crippen molar-refractivity contribution >= 4 is 12.1 Å². The lowest BCUT2D eigenvalue weighted by molar-refractivity contribution is -0.137. The molecule has 1 rings (SSSR count). The Kier molecular flexibility index (Phi) is 6.04. The third kappa shape index (κ3) is 5.44. The summed E-state index contributed by atoms with van der Waals surface area (Å²) in [4.78, 5) is 23.8. The quantitative estimate of drug-likeness (QED) is 0.647. The zero-order valence-electron chi connectivity index (χ0n) is 11.3. The highest BCUT2D eigenvalue weighted by Gasteiger charge is 2.30. The maximum absolute atomic E-state index is 11.2. The zero-order valence-corrected chi connectivity index (χ0v) is 11.3. The van der Waals surface area contributed by atoms with Gasteiger partial charge in [0, 0.05) is 25.7 Å². The number of piperidine rings is 1. The van der Waals surface area contributed by atoms with Crippen LogP contribution in [0.2, 0.25) is 0 Å². The molecule has 1 saturated heterocycles. The van der Waals surface area contributed by atoms with Gasteiger partial charge in [-0.25, -0.2) is 4.79 Å². The van der Waals surface area contributed by atoms with Crippen molar-refractivity contribution in [2.45, 2.75) is 31.9 Å². The number of rotatable bonds is 5. The summed E-state index contributed by atoms with van der Waals surface area (Å²) in [5.41, 5.74) is 0. The molecule has 0 aliphatic carbocycles. The van der Waals surface area contributed by atoms with Crippen molar-refractivity contribution in [1.82, 2.24) is 10.2 Å². The number of aliphatic hydroxyl groups is 1. The highest BCUT2D eigenvalue weighted by atomic mass is 16.5. The molecule has 0 aromatic carbocycles. The van der Waals surface area contributed by atoms with E-state index in [2.05, 4.69) is 10.1 Å².